The van der Waals surface area contributed by atoms with Gasteiger partial charge in [0.2, 0.25) is 11.7 Å². The normalized spacial score (nSPS) is 10.8. The Morgan fingerprint density at radius 3 is 2.38 bits per heavy atom. The Kier molecular flexibility index (Phi) is 5.22. The molecular weight excluding hydrogens is 438 g/mol. The Labute approximate surface area is 175 Å². The number of methoxy groups -OCH3 is 3. The van der Waals surface area contributed by atoms with Crippen LogP contribution in [0.3, 0.4) is 0 Å². The first kappa shape index (κ1) is 19.0. The number of nitrogens with one attached hydrogen (secondary N) is 1. The molecule has 0 aliphatic heterocycles. The smallest absolute Gasteiger partial charge is 0.229 e. The number of benzene rings is 2. The molecule has 2 aromatic carbocycles. The monoisotopic (exact) mass is 455 g/mol. The molecule has 2 heterocycles. The SMILES string of the molecule is COc1cc(Nc2ncc(Br)c(-n3ncc4ccccc43)n2)cc(OC)c1OC. The Morgan fingerprint density at radius 2 is 1.69 bits per heavy atom. The van der Waals surface area contributed by atoms with Crippen molar-refractivity contribution in [3.8, 4) is 23.1 Å². The van der Waals surface area contributed by atoms with Crippen molar-refractivity contribution in [3.05, 3.63) is 53.3 Å². The molecule has 2 aromatic heterocycles. The van der Waals surface area contributed by atoms with Crippen LogP contribution in [0.1, 0.15) is 0 Å². The van der Waals surface area contributed by atoms with Crippen molar-refractivity contribution in [1.82, 2.24) is 19.7 Å². The summed E-state index contributed by atoms with van der Waals surface area (Å²) in [6.07, 6.45) is 3.48. The maximum absolute atomic E-state index is 5.40. The average Bonchev–Trinajstić information content (AvgIpc) is 3.18. The van der Waals surface area contributed by atoms with Crippen LogP contribution in [0.5, 0.6) is 17.2 Å². The lowest BCUT2D eigenvalue weighted by Gasteiger charge is -2.15. The highest BCUT2D eigenvalue weighted by Crippen LogP contribution is 2.40. The predicted molar refractivity (Wildman–Crippen MR) is 114 cm³/mol. The van der Waals surface area contributed by atoms with Gasteiger partial charge >= 0.3 is 0 Å². The van der Waals surface area contributed by atoms with Crippen molar-refractivity contribution in [2.24, 2.45) is 0 Å². The molecule has 0 radical (unpaired) electrons. The van der Waals surface area contributed by atoms with E-state index in [0.717, 1.165) is 15.4 Å². The Bertz CT molecular complexity index is 1150. The molecule has 0 bridgehead atoms. The Morgan fingerprint density at radius 1 is 0.966 bits per heavy atom. The summed E-state index contributed by atoms with van der Waals surface area (Å²) in [5, 5.41) is 8.67. The van der Waals surface area contributed by atoms with Gasteiger partial charge in [-0.25, -0.2) is 9.67 Å². The highest BCUT2D eigenvalue weighted by molar-refractivity contribution is 9.10. The molecule has 0 saturated carbocycles. The standard InChI is InChI=1S/C20H18BrN5O3/c1-27-16-8-13(9-17(28-2)18(16)29-3)24-20-22-11-14(21)19(25-20)26-15-7-5-4-6-12(15)10-23-26/h4-11H,1-3H3,(H,22,24,25). The molecule has 0 unspecified atom stereocenters. The number of fused-ring (bicyclic) bond motifs is 1. The molecule has 0 amide bonds. The molecule has 1 N–H and O–H groups in total. The van der Waals surface area contributed by atoms with E-state index in [1.165, 1.54) is 0 Å². The molecule has 0 aliphatic rings. The summed E-state index contributed by atoms with van der Waals surface area (Å²) < 4.78 is 18.6. The van der Waals surface area contributed by atoms with Crippen molar-refractivity contribution in [2.45, 2.75) is 0 Å². The van der Waals surface area contributed by atoms with Crippen molar-refractivity contribution in [2.75, 3.05) is 26.6 Å². The third kappa shape index (κ3) is 3.56. The highest BCUT2D eigenvalue weighted by atomic mass is 79.9. The first-order valence-electron chi connectivity index (χ1n) is 8.67. The molecule has 4 rings (SSSR count). The first-order valence-corrected chi connectivity index (χ1v) is 9.46. The average molecular weight is 456 g/mol. The molecule has 29 heavy (non-hydrogen) atoms. The van der Waals surface area contributed by atoms with Crippen LogP contribution < -0.4 is 19.5 Å². The van der Waals surface area contributed by atoms with Gasteiger partial charge in [0.25, 0.3) is 0 Å². The lowest BCUT2D eigenvalue weighted by molar-refractivity contribution is 0.324. The number of nitrogens with zero attached hydrogens (tertiary/aromatic N) is 4. The number of para-hydroxylation sites is 1. The van der Waals surface area contributed by atoms with Crippen LogP contribution >= 0.6 is 15.9 Å². The molecule has 9 heteroatoms. The van der Waals surface area contributed by atoms with Crippen LogP contribution in [-0.2, 0) is 0 Å². The largest absolute Gasteiger partial charge is 0.493 e. The highest BCUT2D eigenvalue weighted by Gasteiger charge is 2.15. The Hall–Kier alpha value is -3.33. The van der Waals surface area contributed by atoms with Crippen LogP contribution in [0, 0.1) is 0 Å². The maximum atomic E-state index is 5.40. The molecule has 0 fully saturated rings. The third-order valence-corrected chi connectivity index (χ3v) is 4.88. The van der Waals surface area contributed by atoms with Crippen LogP contribution in [0.4, 0.5) is 11.6 Å². The van der Waals surface area contributed by atoms with E-state index in [4.69, 9.17) is 14.2 Å². The third-order valence-electron chi connectivity index (χ3n) is 4.32. The summed E-state index contributed by atoms with van der Waals surface area (Å²) in [4.78, 5) is 8.99. The molecular formula is C20H18BrN5O3. The molecule has 148 valence electrons. The summed E-state index contributed by atoms with van der Waals surface area (Å²) in [5.41, 5.74) is 1.64. The van der Waals surface area contributed by atoms with Gasteiger partial charge in [0.05, 0.1) is 37.5 Å². The Balaban J connectivity index is 1.74. The topological polar surface area (TPSA) is 83.3 Å². The van der Waals surface area contributed by atoms with Gasteiger partial charge < -0.3 is 19.5 Å². The fraction of sp³-hybridized carbons (Fsp3) is 0.150. The second kappa shape index (κ2) is 7.96. The van der Waals surface area contributed by atoms with Gasteiger partial charge in [-0.2, -0.15) is 10.1 Å². The predicted octanol–water partition coefficient (Wildman–Crippen LogP) is 4.35. The van der Waals surface area contributed by atoms with Crippen LogP contribution in [0.2, 0.25) is 0 Å². The van der Waals surface area contributed by atoms with Crippen molar-refractivity contribution in [3.63, 3.8) is 0 Å². The van der Waals surface area contributed by atoms with Crippen LogP contribution in [-0.4, -0.2) is 41.1 Å². The second-order valence-corrected chi connectivity index (χ2v) is 6.87. The number of halogens is 1. The fourth-order valence-corrected chi connectivity index (χ4v) is 3.35. The fourth-order valence-electron chi connectivity index (χ4n) is 2.99. The quantitative estimate of drug-likeness (QED) is 0.462. The number of hydrogen-bond acceptors (Lipinski definition) is 7. The number of ether oxygens (including phenoxy) is 3. The van der Waals surface area contributed by atoms with Crippen molar-refractivity contribution < 1.29 is 14.2 Å². The summed E-state index contributed by atoms with van der Waals surface area (Å²) >= 11 is 3.52. The second-order valence-electron chi connectivity index (χ2n) is 6.02. The molecule has 0 saturated heterocycles. The number of rotatable bonds is 6. The zero-order chi connectivity index (χ0) is 20.4. The lowest BCUT2D eigenvalue weighted by atomic mass is 10.2. The number of aromatic nitrogens is 4. The van der Waals surface area contributed by atoms with Gasteiger partial charge in [-0.1, -0.05) is 18.2 Å². The van der Waals surface area contributed by atoms with E-state index >= 15 is 0 Å². The van der Waals surface area contributed by atoms with Crippen LogP contribution in [0.25, 0.3) is 16.7 Å². The number of hydrogen-bond donors (Lipinski definition) is 1. The summed E-state index contributed by atoms with van der Waals surface area (Å²) in [5.74, 6) is 2.60. The van der Waals surface area contributed by atoms with Gasteiger partial charge in [0.1, 0.15) is 0 Å². The first-order chi connectivity index (χ1) is 14.1. The van der Waals surface area contributed by atoms with Gasteiger partial charge in [0, 0.05) is 29.4 Å². The van der Waals surface area contributed by atoms with Gasteiger partial charge in [-0.15, -0.1) is 0 Å². The molecule has 0 spiro atoms. The number of anilines is 2. The molecule has 0 atom stereocenters. The molecule has 0 aliphatic carbocycles. The zero-order valence-corrected chi connectivity index (χ0v) is 17.6. The maximum Gasteiger partial charge on any atom is 0.229 e. The zero-order valence-electron chi connectivity index (χ0n) is 16.0. The van der Waals surface area contributed by atoms with E-state index in [1.54, 1.807) is 50.5 Å². The van der Waals surface area contributed by atoms with Gasteiger partial charge in [-0.3, -0.25) is 0 Å². The van der Waals surface area contributed by atoms with Gasteiger partial charge in [-0.05, 0) is 22.0 Å². The van der Waals surface area contributed by atoms with Crippen molar-refractivity contribution >= 4 is 38.5 Å². The summed E-state index contributed by atoms with van der Waals surface area (Å²) in [6, 6.07) is 11.5. The van der Waals surface area contributed by atoms with Crippen molar-refractivity contribution in [1.29, 1.82) is 0 Å². The minimum Gasteiger partial charge on any atom is -0.493 e. The summed E-state index contributed by atoms with van der Waals surface area (Å²) in [7, 11) is 4.70. The summed E-state index contributed by atoms with van der Waals surface area (Å²) in [6.45, 7) is 0. The van der Waals surface area contributed by atoms with E-state index in [-0.39, 0.29) is 0 Å². The van der Waals surface area contributed by atoms with E-state index in [2.05, 4.69) is 36.3 Å². The molecule has 4 aromatic rings. The van der Waals surface area contributed by atoms with E-state index in [0.29, 0.717) is 34.7 Å². The van der Waals surface area contributed by atoms with Crippen LogP contribution in [0.15, 0.2) is 53.3 Å². The minimum absolute atomic E-state index is 0.400. The van der Waals surface area contributed by atoms with E-state index < -0.39 is 0 Å². The van der Waals surface area contributed by atoms with E-state index in [1.807, 2.05) is 24.3 Å². The lowest BCUT2D eigenvalue weighted by Crippen LogP contribution is -2.05. The minimum atomic E-state index is 0.400. The van der Waals surface area contributed by atoms with E-state index in [9.17, 15) is 0 Å². The molecule has 8 nitrogen and oxygen atoms in total. The van der Waals surface area contributed by atoms with Gasteiger partial charge in [0.15, 0.2) is 17.3 Å².